The van der Waals surface area contributed by atoms with Crippen molar-refractivity contribution in [3.8, 4) is 0 Å². The van der Waals surface area contributed by atoms with Crippen LogP contribution in [0, 0.1) is 0 Å². The summed E-state index contributed by atoms with van der Waals surface area (Å²) >= 11 is 0. The molecular weight excluding hydrogens is 288 g/mol. The number of nitrogens with one attached hydrogen (secondary N) is 2. The van der Waals surface area contributed by atoms with Gasteiger partial charge in [-0.2, -0.15) is 0 Å². The van der Waals surface area contributed by atoms with Crippen LogP contribution in [0.15, 0.2) is 24.3 Å². The van der Waals surface area contributed by atoms with Crippen LogP contribution in [0.3, 0.4) is 0 Å². The van der Waals surface area contributed by atoms with Crippen LogP contribution in [0.2, 0.25) is 0 Å². The standard InChI is InChI=1S/C18H30N4O/c1-4-5-10-21-11-12-22(14-18(21)19-3)17-9-7-6-8-16(17)13-20-15(2)23/h6-9,18-19H,4-5,10-14H2,1-3H3,(H,20,23). The first kappa shape index (κ1) is 17.8. The van der Waals surface area contributed by atoms with Gasteiger partial charge in [0.2, 0.25) is 5.91 Å². The minimum atomic E-state index is 0.0114. The molecule has 1 amide bonds. The van der Waals surface area contributed by atoms with Crippen LogP contribution < -0.4 is 15.5 Å². The van der Waals surface area contributed by atoms with E-state index in [1.165, 1.54) is 24.1 Å². The molecule has 1 aliphatic rings. The van der Waals surface area contributed by atoms with E-state index < -0.39 is 0 Å². The van der Waals surface area contributed by atoms with Crippen molar-refractivity contribution in [2.24, 2.45) is 0 Å². The smallest absolute Gasteiger partial charge is 0.217 e. The number of unbranched alkanes of at least 4 members (excludes halogenated alkanes) is 1. The average molecular weight is 318 g/mol. The lowest BCUT2D eigenvalue weighted by Gasteiger charge is -2.43. The molecule has 1 heterocycles. The van der Waals surface area contributed by atoms with Crippen molar-refractivity contribution in [2.75, 3.05) is 38.1 Å². The Morgan fingerprint density at radius 1 is 1.30 bits per heavy atom. The van der Waals surface area contributed by atoms with Crippen LogP contribution >= 0.6 is 0 Å². The lowest BCUT2D eigenvalue weighted by molar-refractivity contribution is -0.119. The predicted molar refractivity (Wildman–Crippen MR) is 95.5 cm³/mol. The largest absolute Gasteiger partial charge is 0.367 e. The predicted octanol–water partition coefficient (Wildman–Crippen LogP) is 1.79. The highest BCUT2D eigenvalue weighted by Gasteiger charge is 2.26. The summed E-state index contributed by atoms with van der Waals surface area (Å²) < 4.78 is 0. The van der Waals surface area contributed by atoms with Gasteiger partial charge in [-0.25, -0.2) is 0 Å². The van der Waals surface area contributed by atoms with Crippen LogP contribution in [0.5, 0.6) is 0 Å². The number of anilines is 1. The van der Waals surface area contributed by atoms with Crippen LogP contribution in [0.25, 0.3) is 0 Å². The minimum Gasteiger partial charge on any atom is -0.367 e. The summed E-state index contributed by atoms with van der Waals surface area (Å²) in [6.07, 6.45) is 2.86. The number of carbonyl (C=O) groups excluding carboxylic acids is 1. The van der Waals surface area contributed by atoms with Gasteiger partial charge < -0.3 is 15.5 Å². The Morgan fingerprint density at radius 2 is 2.09 bits per heavy atom. The van der Waals surface area contributed by atoms with Gasteiger partial charge in [0.1, 0.15) is 0 Å². The second-order valence-electron chi connectivity index (χ2n) is 6.18. The topological polar surface area (TPSA) is 47.6 Å². The van der Waals surface area contributed by atoms with E-state index in [1.807, 2.05) is 13.1 Å². The van der Waals surface area contributed by atoms with E-state index in [4.69, 9.17) is 0 Å². The van der Waals surface area contributed by atoms with Crippen molar-refractivity contribution >= 4 is 11.6 Å². The Hall–Kier alpha value is -1.59. The third kappa shape index (κ3) is 4.94. The summed E-state index contributed by atoms with van der Waals surface area (Å²) in [4.78, 5) is 16.2. The normalized spacial score (nSPS) is 18.9. The van der Waals surface area contributed by atoms with E-state index in [2.05, 4.69) is 45.6 Å². The Kier molecular flexibility index (Phi) is 6.86. The summed E-state index contributed by atoms with van der Waals surface area (Å²) in [5, 5.41) is 6.36. The number of hydrogen-bond donors (Lipinski definition) is 2. The molecule has 1 atom stereocenters. The first-order valence-electron chi connectivity index (χ1n) is 8.64. The molecular formula is C18H30N4O. The lowest BCUT2D eigenvalue weighted by atomic mass is 10.1. The Bertz CT molecular complexity index is 506. The highest BCUT2D eigenvalue weighted by atomic mass is 16.1. The van der Waals surface area contributed by atoms with Crippen molar-refractivity contribution < 1.29 is 4.79 Å². The van der Waals surface area contributed by atoms with Gasteiger partial charge in [-0.3, -0.25) is 9.69 Å². The van der Waals surface area contributed by atoms with Gasteiger partial charge in [-0.1, -0.05) is 31.5 Å². The molecule has 0 spiro atoms. The number of likely N-dealkylation sites (N-methyl/N-ethyl adjacent to an activating group) is 1. The fourth-order valence-electron chi connectivity index (χ4n) is 3.13. The molecule has 5 nitrogen and oxygen atoms in total. The molecule has 0 bridgehead atoms. The molecule has 1 aliphatic heterocycles. The second kappa shape index (κ2) is 8.89. The molecule has 1 saturated heterocycles. The quantitative estimate of drug-likeness (QED) is 0.805. The van der Waals surface area contributed by atoms with Gasteiger partial charge in [0.05, 0.1) is 6.17 Å². The van der Waals surface area contributed by atoms with E-state index in [-0.39, 0.29) is 5.91 Å². The number of amides is 1. The first-order chi connectivity index (χ1) is 11.2. The molecule has 128 valence electrons. The van der Waals surface area contributed by atoms with Crippen LogP contribution in [-0.2, 0) is 11.3 Å². The zero-order valence-electron chi connectivity index (χ0n) is 14.6. The SMILES string of the molecule is CCCCN1CCN(c2ccccc2CNC(C)=O)CC1NC. The number of rotatable bonds is 7. The monoisotopic (exact) mass is 318 g/mol. The highest BCUT2D eigenvalue weighted by molar-refractivity contribution is 5.73. The maximum absolute atomic E-state index is 11.2. The Morgan fingerprint density at radius 3 is 2.78 bits per heavy atom. The number of nitrogens with zero attached hydrogens (tertiary/aromatic N) is 2. The Labute approximate surface area is 140 Å². The molecule has 1 aromatic rings. The molecule has 0 aromatic heterocycles. The maximum atomic E-state index is 11.2. The van der Waals surface area contributed by atoms with Gasteiger partial charge in [-0.05, 0) is 31.6 Å². The summed E-state index contributed by atoms with van der Waals surface area (Å²) in [7, 11) is 2.04. The van der Waals surface area contributed by atoms with Crippen molar-refractivity contribution in [3.05, 3.63) is 29.8 Å². The maximum Gasteiger partial charge on any atom is 0.217 e. The van der Waals surface area contributed by atoms with Crippen molar-refractivity contribution in [2.45, 2.75) is 39.4 Å². The molecule has 2 N–H and O–H groups in total. The molecule has 5 heteroatoms. The molecule has 1 aromatic carbocycles. The van der Waals surface area contributed by atoms with Crippen molar-refractivity contribution in [3.63, 3.8) is 0 Å². The van der Waals surface area contributed by atoms with E-state index in [9.17, 15) is 4.79 Å². The lowest BCUT2D eigenvalue weighted by Crippen LogP contribution is -2.58. The zero-order chi connectivity index (χ0) is 16.7. The van der Waals surface area contributed by atoms with Gasteiger partial charge in [-0.15, -0.1) is 0 Å². The number of piperazine rings is 1. The summed E-state index contributed by atoms with van der Waals surface area (Å²) in [6, 6.07) is 8.37. The Balaban J connectivity index is 2.06. The van der Waals surface area contributed by atoms with Gasteiger partial charge >= 0.3 is 0 Å². The second-order valence-corrected chi connectivity index (χ2v) is 6.18. The van der Waals surface area contributed by atoms with E-state index in [1.54, 1.807) is 6.92 Å². The summed E-state index contributed by atoms with van der Waals surface area (Å²) in [6.45, 7) is 8.61. The molecule has 1 fully saturated rings. The molecule has 0 radical (unpaired) electrons. The third-order valence-electron chi connectivity index (χ3n) is 4.48. The number of benzene rings is 1. The van der Waals surface area contributed by atoms with Crippen LogP contribution in [-0.4, -0.2) is 50.2 Å². The molecule has 1 unspecified atom stereocenters. The molecule has 0 aliphatic carbocycles. The molecule has 0 saturated carbocycles. The number of para-hydroxylation sites is 1. The third-order valence-corrected chi connectivity index (χ3v) is 4.48. The van der Waals surface area contributed by atoms with E-state index in [0.29, 0.717) is 12.7 Å². The average Bonchev–Trinajstić information content (AvgIpc) is 2.58. The molecule has 23 heavy (non-hydrogen) atoms. The van der Waals surface area contributed by atoms with Crippen molar-refractivity contribution in [1.29, 1.82) is 0 Å². The van der Waals surface area contributed by atoms with E-state index in [0.717, 1.165) is 26.2 Å². The first-order valence-corrected chi connectivity index (χ1v) is 8.64. The fraction of sp³-hybridized carbons (Fsp3) is 0.611. The number of carbonyl (C=O) groups is 1. The van der Waals surface area contributed by atoms with E-state index >= 15 is 0 Å². The van der Waals surface area contributed by atoms with Gasteiger partial charge in [0, 0.05) is 38.8 Å². The van der Waals surface area contributed by atoms with Gasteiger partial charge in [0.25, 0.3) is 0 Å². The summed E-state index contributed by atoms with van der Waals surface area (Å²) in [5.74, 6) is 0.0114. The highest BCUT2D eigenvalue weighted by Crippen LogP contribution is 2.23. The summed E-state index contributed by atoms with van der Waals surface area (Å²) in [5.41, 5.74) is 2.41. The van der Waals surface area contributed by atoms with Crippen LogP contribution in [0.1, 0.15) is 32.3 Å². The van der Waals surface area contributed by atoms with Crippen molar-refractivity contribution in [1.82, 2.24) is 15.5 Å². The van der Waals surface area contributed by atoms with Gasteiger partial charge in [0.15, 0.2) is 0 Å². The zero-order valence-corrected chi connectivity index (χ0v) is 14.6. The number of hydrogen-bond acceptors (Lipinski definition) is 4. The fourth-order valence-corrected chi connectivity index (χ4v) is 3.13. The minimum absolute atomic E-state index is 0.0114. The molecule has 2 rings (SSSR count). The van der Waals surface area contributed by atoms with Crippen LogP contribution in [0.4, 0.5) is 5.69 Å².